The van der Waals surface area contributed by atoms with Crippen LogP contribution in [0, 0.1) is 5.82 Å². The highest BCUT2D eigenvalue weighted by Gasteiger charge is 2.31. The molecule has 0 aliphatic carbocycles. The van der Waals surface area contributed by atoms with Gasteiger partial charge in [0, 0.05) is 25.1 Å². The summed E-state index contributed by atoms with van der Waals surface area (Å²) in [7, 11) is 0. The third-order valence-corrected chi connectivity index (χ3v) is 5.83. The quantitative estimate of drug-likeness (QED) is 0.419. The number of likely N-dealkylation sites (N-methyl/N-ethyl adjacent to an activating group) is 1. The van der Waals surface area contributed by atoms with E-state index < -0.39 is 17.8 Å². The van der Waals surface area contributed by atoms with Gasteiger partial charge >= 0.3 is 0 Å². The number of amides is 2. The molecule has 0 saturated carbocycles. The molecule has 5 nitrogen and oxygen atoms in total. The van der Waals surface area contributed by atoms with Gasteiger partial charge < -0.3 is 15.0 Å². The Morgan fingerprint density at radius 1 is 0.943 bits per heavy atom. The van der Waals surface area contributed by atoms with E-state index in [9.17, 15) is 14.0 Å². The number of halogens is 1. The fourth-order valence-corrected chi connectivity index (χ4v) is 3.83. The van der Waals surface area contributed by atoms with Crippen LogP contribution in [-0.2, 0) is 22.6 Å². The maximum Gasteiger partial charge on any atom is 0.261 e. The Hall–Kier alpha value is -3.67. The first-order valence-electron chi connectivity index (χ1n) is 12.0. The van der Waals surface area contributed by atoms with Gasteiger partial charge in [0.15, 0.2) is 6.61 Å². The maximum absolute atomic E-state index is 14.5. The second kappa shape index (κ2) is 12.7. The Morgan fingerprint density at radius 3 is 2.23 bits per heavy atom. The van der Waals surface area contributed by atoms with Crippen LogP contribution in [0.3, 0.4) is 0 Å². The largest absolute Gasteiger partial charge is 0.484 e. The van der Waals surface area contributed by atoms with Gasteiger partial charge in [0.25, 0.3) is 5.91 Å². The molecule has 0 saturated heterocycles. The van der Waals surface area contributed by atoms with Crippen LogP contribution >= 0.6 is 0 Å². The molecule has 0 heterocycles. The Morgan fingerprint density at radius 2 is 1.60 bits per heavy atom. The smallest absolute Gasteiger partial charge is 0.261 e. The molecule has 3 aromatic carbocycles. The van der Waals surface area contributed by atoms with Crippen LogP contribution in [-0.4, -0.2) is 35.9 Å². The zero-order chi connectivity index (χ0) is 25.2. The summed E-state index contributed by atoms with van der Waals surface area (Å²) in [6, 6.07) is 22.5. The van der Waals surface area contributed by atoms with Crippen LogP contribution in [0.2, 0.25) is 0 Å². The summed E-state index contributed by atoms with van der Waals surface area (Å²) in [4.78, 5) is 28.0. The molecule has 3 rings (SSSR count). The van der Waals surface area contributed by atoms with Crippen molar-refractivity contribution in [2.75, 3.05) is 13.2 Å². The Kier molecular flexibility index (Phi) is 9.41. The molecule has 0 spiro atoms. The van der Waals surface area contributed by atoms with Crippen LogP contribution in [0.5, 0.6) is 5.75 Å². The van der Waals surface area contributed by atoms with Gasteiger partial charge in [-0.05, 0) is 42.2 Å². The fraction of sp³-hybridized carbons (Fsp3) is 0.310. The van der Waals surface area contributed by atoms with Gasteiger partial charge in [-0.2, -0.15) is 0 Å². The van der Waals surface area contributed by atoms with Gasteiger partial charge in [0.1, 0.15) is 17.6 Å². The Labute approximate surface area is 206 Å². The SMILES string of the molecule is CCNC(=O)[C@H](Cc1ccccc1)N(Cc1ccccc1F)C(=O)COc1ccc(C(C)C)cc1. The van der Waals surface area contributed by atoms with Crippen molar-refractivity contribution in [3.8, 4) is 5.75 Å². The van der Waals surface area contributed by atoms with Crippen LogP contribution in [0.25, 0.3) is 0 Å². The molecule has 184 valence electrons. The van der Waals surface area contributed by atoms with Crippen LogP contribution in [0.1, 0.15) is 43.4 Å². The third kappa shape index (κ3) is 7.41. The summed E-state index contributed by atoms with van der Waals surface area (Å²) >= 11 is 0. The lowest BCUT2D eigenvalue weighted by Gasteiger charge is -2.31. The first-order valence-corrected chi connectivity index (χ1v) is 12.0. The molecule has 6 heteroatoms. The molecule has 0 aromatic heterocycles. The first-order chi connectivity index (χ1) is 16.9. The summed E-state index contributed by atoms with van der Waals surface area (Å²) < 4.78 is 20.3. The molecule has 0 aliphatic rings. The minimum Gasteiger partial charge on any atom is -0.484 e. The van der Waals surface area contributed by atoms with E-state index in [2.05, 4.69) is 19.2 Å². The summed E-state index contributed by atoms with van der Waals surface area (Å²) in [6.07, 6.45) is 0.302. The van der Waals surface area contributed by atoms with Crippen molar-refractivity contribution in [3.05, 3.63) is 101 Å². The Balaban J connectivity index is 1.87. The average molecular weight is 477 g/mol. The highest BCUT2D eigenvalue weighted by molar-refractivity contribution is 5.88. The van der Waals surface area contributed by atoms with Gasteiger partial charge in [0.05, 0.1) is 0 Å². The van der Waals surface area contributed by atoms with Crippen molar-refractivity contribution in [2.24, 2.45) is 0 Å². The van der Waals surface area contributed by atoms with E-state index in [1.54, 1.807) is 18.2 Å². The van der Waals surface area contributed by atoms with Crippen molar-refractivity contribution >= 4 is 11.8 Å². The predicted molar refractivity (Wildman–Crippen MR) is 136 cm³/mol. The van der Waals surface area contributed by atoms with Crippen molar-refractivity contribution in [1.82, 2.24) is 10.2 Å². The molecule has 0 unspecified atom stereocenters. The maximum atomic E-state index is 14.5. The molecule has 0 radical (unpaired) electrons. The molecule has 0 fully saturated rings. The minimum atomic E-state index is -0.823. The molecule has 1 atom stereocenters. The number of carbonyl (C=O) groups is 2. The number of hydrogen-bond acceptors (Lipinski definition) is 3. The molecule has 0 aliphatic heterocycles. The number of rotatable bonds is 11. The van der Waals surface area contributed by atoms with Crippen molar-refractivity contribution < 1.29 is 18.7 Å². The molecular weight excluding hydrogens is 443 g/mol. The number of benzene rings is 3. The normalized spacial score (nSPS) is 11.7. The van der Waals surface area contributed by atoms with Crippen LogP contribution < -0.4 is 10.1 Å². The van der Waals surface area contributed by atoms with Gasteiger partial charge in [-0.25, -0.2) is 4.39 Å². The van der Waals surface area contributed by atoms with Gasteiger partial charge in [-0.1, -0.05) is 74.5 Å². The second-order valence-electron chi connectivity index (χ2n) is 8.73. The van der Waals surface area contributed by atoms with E-state index in [-0.39, 0.29) is 19.1 Å². The lowest BCUT2D eigenvalue weighted by Crippen LogP contribution is -2.51. The van der Waals surface area contributed by atoms with Crippen molar-refractivity contribution in [3.63, 3.8) is 0 Å². The van der Waals surface area contributed by atoms with Gasteiger partial charge in [-0.3, -0.25) is 9.59 Å². The van der Waals surface area contributed by atoms with Crippen molar-refractivity contribution in [1.29, 1.82) is 0 Å². The molecule has 35 heavy (non-hydrogen) atoms. The first kappa shape index (κ1) is 25.9. The minimum absolute atomic E-state index is 0.0458. The van der Waals surface area contributed by atoms with Crippen molar-refractivity contribution in [2.45, 2.75) is 45.7 Å². The fourth-order valence-electron chi connectivity index (χ4n) is 3.83. The predicted octanol–water partition coefficient (Wildman–Crippen LogP) is 5.10. The highest BCUT2D eigenvalue weighted by atomic mass is 19.1. The van der Waals surface area contributed by atoms with E-state index in [1.807, 2.05) is 61.5 Å². The third-order valence-electron chi connectivity index (χ3n) is 5.83. The van der Waals surface area contributed by atoms with E-state index in [0.717, 1.165) is 5.56 Å². The zero-order valence-corrected chi connectivity index (χ0v) is 20.5. The lowest BCUT2D eigenvalue weighted by atomic mass is 10.0. The monoisotopic (exact) mass is 476 g/mol. The number of nitrogens with zero attached hydrogens (tertiary/aromatic N) is 1. The second-order valence-corrected chi connectivity index (χ2v) is 8.73. The summed E-state index contributed by atoms with van der Waals surface area (Å²) in [5.41, 5.74) is 2.41. The summed E-state index contributed by atoms with van der Waals surface area (Å²) in [5.74, 6) is -0.162. The standard InChI is InChI=1S/C29H33FN2O3/c1-4-31-29(34)27(18-22-10-6-5-7-11-22)32(19-24-12-8-9-13-26(24)30)28(33)20-35-25-16-14-23(15-17-25)21(2)3/h5-17,21,27H,4,18-20H2,1-3H3,(H,31,34)/t27-/m0/s1. The Bertz CT molecular complexity index is 1100. The molecule has 1 N–H and O–H groups in total. The molecule has 2 amide bonds. The summed E-state index contributed by atoms with van der Waals surface area (Å²) in [5, 5.41) is 2.82. The number of nitrogens with one attached hydrogen (secondary N) is 1. The van der Waals surface area contributed by atoms with Gasteiger partial charge in [0.2, 0.25) is 5.91 Å². The topological polar surface area (TPSA) is 58.6 Å². The molecule has 0 bridgehead atoms. The van der Waals surface area contributed by atoms with E-state index in [0.29, 0.717) is 30.2 Å². The highest BCUT2D eigenvalue weighted by Crippen LogP contribution is 2.20. The van der Waals surface area contributed by atoms with Crippen LogP contribution in [0.4, 0.5) is 4.39 Å². The number of carbonyl (C=O) groups excluding carboxylic acids is 2. The number of ether oxygens (including phenoxy) is 1. The van der Waals surface area contributed by atoms with E-state index >= 15 is 0 Å². The van der Waals surface area contributed by atoms with Crippen LogP contribution in [0.15, 0.2) is 78.9 Å². The lowest BCUT2D eigenvalue weighted by molar-refractivity contribution is -0.142. The number of hydrogen-bond donors (Lipinski definition) is 1. The van der Waals surface area contributed by atoms with Gasteiger partial charge in [-0.15, -0.1) is 0 Å². The average Bonchev–Trinajstić information content (AvgIpc) is 2.86. The van der Waals surface area contributed by atoms with E-state index in [4.69, 9.17) is 4.74 Å². The summed E-state index contributed by atoms with van der Waals surface area (Å²) in [6.45, 7) is 6.15. The molecular formula is C29H33FN2O3. The van der Waals surface area contributed by atoms with E-state index in [1.165, 1.54) is 16.5 Å². The zero-order valence-electron chi connectivity index (χ0n) is 20.5. The molecule has 3 aromatic rings.